The standard InChI is InChI=1S/C43H36N4/c1-42(2)35-23-12-10-22-33(35)36-26-34-32-21-11-13-24-37(32)47(38(34)27-43(36,42)3)31-20-14-19-30(25-31)41-45-39(28-15-6-4-7-16-28)44-40(46-41)29-17-8-5-9-18-29/h4-26,39H,27H2,1-3H3,(H,44,45,46). The molecule has 1 aromatic heterocycles. The van der Waals surface area contributed by atoms with E-state index in [2.05, 4.69) is 146 Å². The van der Waals surface area contributed by atoms with Gasteiger partial charge in [0.1, 0.15) is 11.7 Å². The first kappa shape index (κ1) is 27.8. The number of para-hydroxylation sites is 1. The highest BCUT2D eigenvalue weighted by molar-refractivity contribution is 6.16. The molecule has 2 heterocycles. The molecule has 1 aliphatic heterocycles. The van der Waals surface area contributed by atoms with E-state index < -0.39 is 0 Å². The number of benzene rings is 5. The zero-order chi connectivity index (χ0) is 31.8. The quantitative estimate of drug-likeness (QED) is 0.213. The number of fused-ring (bicyclic) bond motifs is 6. The van der Waals surface area contributed by atoms with Gasteiger partial charge < -0.3 is 9.88 Å². The van der Waals surface area contributed by atoms with Crippen LogP contribution in [0.5, 0.6) is 0 Å². The lowest BCUT2D eigenvalue weighted by molar-refractivity contribution is 0.264. The number of hydrogen-bond acceptors (Lipinski definition) is 3. The molecule has 0 amide bonds. The largest absolute Gasteiger partial charge is 0.324 e. The minimum atomic E-state index is -0.332. The third-order valence-corrected chi connectivity index (χ3v) is 11.0. The van der Waals surface area contributed by atoms with Crippen molar-refractivity contribution in [3.63, 3.8) is 0 Å². The van der Waals surface area contributed by atoms with Gasteiger partial charge in [0.05, 0.1) is 5.52 Å². The molecule has 5 aromatic carbocycles. The molecule has 228 valence electrons. The van der Waals surface area contributed by atoms with Gasteiger partial charge in [0.2, 0.25) is 0 Å². The average Bonchev–Trinajstić information content (AvgIpc) is 3.52. The normalized spacial score (nSPS) is 20.7. The van der Waals surface area contributed by atoms with Crippen LogP contribution in [0.3, 0.4) is 0 Å². The molecule has 9 rings (SSSR count). The van der Waals surface area contributed by atoms with Crippen molar-refractivity contribution in [3.8, 4) is 5.69 Å². The summed E-state index contributed by atoms with van der Waals surface area (Å²) in [6, 6.07) is 47.4. The Morgan fingerprint density at radius 1 is 0.681 bits per heavy atom. The third-order valence-electron chi connectivity index (χ3n) is 11.0. The summed E-state index contributed by atoms with van der Waals surface area (Å²) in [6.07, 6.45) is 3.12. The predicted molar refractivity (Wildman–Crippen MR) is 194 cm³/mol. The van der Waals surface area contributed by atoms with E-state index >= 15 is 0 Å². The summed E-state index contributed by atoms with van der Waals surface area (Å²) in [5.74, 6) is 1.65. The maximum atomic E-state index is 5.17. The van der Waals surface area contributed by atoms with Crippen LogP contribution in [0.4, 0.5) is 0 Å². The van der Waals surface area contributed by atoms with Gasteiger partial charge in [0.15, 0.2) is 6.17 Å². The van der Waals surface area contributed by atoms with Crippen LogP contribution in [0.1, 0.15) is 66.0 Å². The summed E-state index contributed by atoms with van der Waals surface area (Å²) in [6.45, 7) is 7.31. The monoisotopic (exact) mass is 608 g/mol. The van der Waals surface area contributed by atoms with Gasteiger partial charge in [-0.2, -0.15) is 0 Å². The van der Waals surface area contributed by atoms with Crippen LogP contribution in [0, 0.1) is 5.41 Å². The van der Waals surface area contributed by atoms with E-state index in [-0.39, 0.29) is 17.0 Å². The Hall–Kier alpha value is -5.48. The first-order valence-corrected chi connectivity index (χ1v) is 16.5. The molecule has 6 aromatic rings. The Morgan fingerprint density at radius 2 is 1.34 bits per heavy atom. The molecular weight excluding hydrogens is 573 g/mol. The van der Waals surface area contributed by atoms with Gasteiger partial charge in [-0.05, 0) is 53.0 Å². The molecule has 0 spiro atoms. The second kappa shape index (κ2) is 10.3. The molecule has 4 heteroatoms. The summed E-state index contributed by atoms with van der Waals surface area (Å²) in [5.41, 5.74) is 12.5. The lowest BCUT2D eigenvalue weighted by Crippen LogP contribution is -2.38. The highest BCUT2D eigenvalue weighted by atomic mass is 15.2. The first-order valence-electron chi connectivity index (χ1n) is 16.5. The SMILES string of the molecule is CC12Cc3c(c4ccccc4n3-c3cccc(C4=NC(c5ccccc5)N=C(c5ccccc5)N4)c3)C=C1c1ccccc1C2(C)C. The number of aromatic nitrogens is 1. The molecule has 2 atom stereocenters. The molecule has 0 saturated carbocycles. The Labute approximate surface area is 275 Å². The van der Waals surface area contributed by atoms with E-state index in [0.717, 1.165) is 40.5 Å². The Balaban J connectivity index is 1.19. The van der Waals surface area contributed by atoms with Crippen LogP contribution in [-0.4, -0.2) is 16.2 Å². The number of nitrogens with zero attached hydrogens (tertiary/aromatic N) is 3. The highest BCUT2D eigenvalue weighted by Crippen LogP contribution is 2.62. The van der Waals surface area contributed by atoms with Gasteiger partial charge in [-0.25, -0.2) is 9.98 Å². The summed E-state index contributed by atoms with van der Waals surface area (Å²) in [4.78, 5) is 10.2. The van der Waals surface area contributed by atoms with Crippen molar-refractivity contribution < 1.29 is 0 Å². The van der Waals surface area contributed by atoms with Gasteiger partial charge in [0.25, 0.3) is 0 Å². The fraction of sp³-hybridized carbons (Fsp3) is 0.163. The Kier molecular flexibility index (Phi) is 6.07. The molecule has 0 bridgehead atoms. The molecule has 2 unspecified atom stereocenters. The molecular formula is C43H36N4. The van der Waals surface area contributed by atoms with Crippen molar-refractivity contribution in [3.05, 3.63) is 173 Å². The van der Waals surface area contributed by atoms with Crippen LogP contribution in [0.2, 0.25) is 0 Å². The van der Waals surface area contributed by atoms with Crippen molar-refractivity contribution in [1.29, 1.82) is 0 Å². The Bertz CT molecular complexity index is 2290. The van der Waals surface area contributed by atoms with Gasteiger partial charge in [0, 0.05) is 44.3 Å². The minimum Gasteiger partial charge on any atom is -0.324 e. The van der Waals surface area contributed by atoms with E-state index in [9.17, 15) is 0 Å². The second-order valence-electron chi connectivity index (χ2n) is 13.7. The van der Waals surface area contributed by atoms with Crippen LogP contribution in [0.15, 0.2) is 143 Å². The number of hydrogen-bond donors (Lipinski definition) is 1. The Morgan fingerprint density at radius 3 is 2.15 bits per heavy atom. The van der Waals surface area contributed by atoms with E-state index in [1.54, 1.807) is 0 Å². The van der Waals surface area contributed by atoms with Crippen LogP contribution >= 0.6 is 0 Å². The molecule has 0 saturated heterocycles. The van der Waals surface area contributed by atoms with Crippen molar-refractivity contribution in [1.82, 2.24) is 9.88 Å². The summed E-state index contributed by atoms with van der Waals surface area (Å²) >= 11 is 0. The highest BCUT2D eigenvalue weighted by Gasteiger charge is 2.54. The maximum absolute atomic E-state index is 5.17. The molecule has 1 N–H and O–H groups in total. The molecule has 4 nitrogen and oxygen atoms in total. The topological polar surface area (TPSA) is 41.7 Å². The van der Waals surface area contributed by atoms with Crippen LogP contribution < -0.4 is 5.32 Å². The lowest BCUT2D eigenvalue weighted by Gasteiger charge is -2.42. The molecule has 0 radical (unpaired) electrons. The smallest absolute Gasteiger partial charge is 0.169 e. The van der Waals surface area contributed by atoms with Gasteiger partial charge in [-0.1, -0.05) is 136 Å². The number of amidine groups is 2. The maximum Gasteiger partial charge on any atom is 0.169 e. The fourth-order valence-electron chi connectivity index (χ4n) is 8.08. The van der Waals surface area contributed by atoms with E-state index in [4.69, 9.17) is 9.98 Å². The second-order valence-corrected chi connectivity index (χ2v) is 13.7. The minimum absolute atomic E-state index is 0.00335. The van der Waals surface area contributed by atoms with Crippen molar-refractivity contribution in [2.75, 3.05) is 0 Å². The van der Waals surface area contributed by atoms with E-state index in [1.165, 1.54) is 38.9 Å². The summed E-state index contributed by atoms with van der Waals surface area (Å²) < 4.78 is 2.50. The number of allylic oxidation sites excluding steroid dienone is 1. The van der Waals surface area contributed by atoms with Crippen LogP contribution in [0.25, 0.3) is 28.2 Å². The molecule has 0 fully saturated rings. The predicted octanol–water partition coefficient (Wildman–Crippen LogP) is 9.52. The zero-order valence-electron chi connectivity index (χ0n) is 26.9. The molecule has 2 aliphatic carbocycles. The number of rotatable bonds is 4. The fourth-order valence-corrected chi connectivity index (χ4v) is 8.08. The van der Waals surface area contributed by atoms with Gasteiger partial charge in [-0.15, -0.1) is 0 Å². The number of nitrogens with one attached hydrogen (secondary N) is 1. The lowest BCUT2D eigenvalue weighted by atomic mass is 9.61. The van der Waals surface area contributed by atoms with Crippen LogP contribution in [-0.2, 0) is 11.8 Å². The summed E-state index contributed by atoms with van der Waals surface area (Å²) in [7, 11) is 0. The summed E-state index contributed by atoms with van der Waals surface area (Å²) in [5, 5.41) is 4.89. The van der Waals surface area contributed by atoms with Crippen molar-refractivity contribution >= 4 is 34.2 Å². The molecule has 47 heavy (non-hydrogen) atoms. The number of aliphatic imine (C=N–C) groups is 2. The van der Waals surface area contributed by atoms with Crippen molar-refractivity contribution in [2.45, 2.75) is 38.8 Å². The van der Waals surface area contributed by atoms with E-state index in [0.29, 0.717) is 0 Å². The van der Waals surface area contributed by atoms with E-state index in [1.807, 2.05) is 24.3 Å². The third kappa shape index (κ3) is 4.14. The van der Waals surface area contributed by atoms with Gasteiger partial charge in [-0.3, -0.25) is 0 Å². The molecule has 3 aliphatic rings. The van der Waals surface area contributed by atoms with Crippen molar-refractivity contribution in [2.24, 2.45) is 15.4 Å². The average molecular weight is 609 g/mol. The zero-order valence-corrected chi connectivity index (χ0v) is 26.9. The van der Waals surface area contributed by atoms with Gasteiger partial charge >= 0.3 is 0 Å². The first-order chi connectivity index (χ1) is 22.9.